The summed E-state index contributed by atoms with van der Waals surface area (Å²) in [6.45, 7) is 9.02. The Morgan fingerprint density at radius 1 is 1.37 bits per heavy atom. The van der Waals surface area contributed by atoms with E-state index in [4.69, 9.17) is 10.6 Å². The standard InChI is InChI=1S/C22H26N4O4/c1-5-14(4)20(28)24-16-8-6-7-15(9-16)17-10-22(30-25-17)11-18(19(23)27)26(12-22)21(29)13(2)3/h5-9,18H,2,10-12H2,1,3-4H3,(H2,23,27)(H,24,28)/b14-5-/t18-,22?/m0/s1. The highest BCUT2D eigenvalue weighted by Gasteiger charge is 2.53. The summed E-state index contributed by atoms with van der Waals surface area (Å²) in [4.78, 5) is 43.7. The molecule has 8 nitrogen and oxygen atoms in total. The molecular weight excluding hydrogens is 384 g/mol. The number of benzene rings is 1. The number of nitrogens with two attached hydrogens (primary N) is 1. The third kappa shape index (κ3) is 4.12. The Bertz CT molecular complexity index is 981. The Morgan fingerprint density at radius 2 is 2.10 bits per heavy atom. The molecule has 30 heavy (non-hydrogen) atoms. The zero-order valence-electron chi connectivity index (χ0n) is 17.4. The van der Waals surface area contributed by atoms with Crippen molar-refractivity contribution in [1.82, 2.24) is 4.90 Å². The number of nitrogens with one attached hydrogen (secondary N) is 1. The predicted molar refractivity (Wildman–Crippen MR) is 114 cm³/mol. The van der Waals surface area contributed by atoms with Crippen molar-refractivity contribution in [1.29, 1.82) is 0 Å². The van der Waals surface area contributed by atoms with Gasteiger partial charge in [0.05, 0.1) is 12.3 Å². The van der Waals surface area contributed by atoms with E-state index in [1.165, 1.54) is 4.90 Å². The second-order valence-electron chi connectivity index (χ2n) is 7.83. The molecule has 2 heterocycles. The van der Waals surface area contributed by atoms with Crippen molar-refractivity contribution in [3.8, 4) is 0 Å². The van der Waals surface area contributed by atoms with Gasteiger partial charge in [-0.2, -0.15) is 0 Å². The lowest BCUT2D eigenvalue weighted by molar-refractivity contribution is -0.134. The average Bonchev–Trinajstić information content (AvgIpc) is 3.31. The number of hydrogen-bond donors (Lipinski definition) is 2. The van der Waals surface area contributed by atoms with Crippen LogP contribution in [0.3, 0.4) is 0 Å². The monoisotopic (exact) mass is 410 g/mol. The lowest BCUT2D eigenvalue weighted by Crippen LogP contribution is -2.44. The Balaban J connectivity index is 1.77. The first-order valence-electron chi connectivity index (χ1n) is 9.71. The van der Waals surface area contributed by atoms with Gasteiger partial charge in [-0.3, -0.25) is 14.4 Å². The average molecular weight is 410 g/mol. The number of anilines is 1. The maximum absolute atomic E-state index is 12.5. The maximum atomic E-state index is 12.5. The van der Waals surface area contributed by atoms with Crippen LogP contribution in [-0.4, -0.2) is 46.5 Å². The Morgan fingerprint density at radius 3 is 2.73 bits per heavy atom. The minimum absolute atomic E-state index is 0.176. The lowest BCUT2D eigenvalue weighted by Gasteiger charge is -2.23. The highest BCUT2D eigenvalue weighted by atomic mass is 16.7. The molecule has 1 aromatic rings. The van der Waals surface area contributed by atoms with Gasteiger partial charge in [0, 0.05) is 35.2 Å². The van der Waals surface area contributed by atoms with E-state index in [1.807, 2.05) is 18.2 Å². The SMILES string of the molecule is C=C(C)C(=O)N1CC2(CC(c3cccc(NC(=O)/C(C)=C\C)c3)=NO2)C[C@H]1C(N)=O. The number of hydrogen-bond acceptors (Lipinski definition) is 5. The second kappa shape index (κ2) is 8.14. The second-order valence-corrected chi connectivity index (χ2v) is 7.83. The minimum atomic E-state index is -0.805. The van der Waals surface area contributed by atoms with Crippen LogP contribution in [0, 0.1) is 0 Å². The van der Waals surface area contributed by atoms with Gasteiger partial charge in [-0.15, -0.1) is 0 Å². The Labute approximate surface area is 175 Å². The molecule has 1 aromatic carbocycles. The molecule has 0 bridgehead atoms. The molecule has 3 N–H and O–H groups in total. The van der Waals surface area contributed by atoms with Gasteiger partial charge in [-0.05, 0) is 32.9 Å². The molecule has 8 heteroatoms. The zero-order chi connectivity index (χ0) is 22.1. The largest absolute Gasteiger partial charge is 0.387 e. The molecule has 2 aliphatic rings. The minimum Gasteiger partial charge on any atom is -0.387 e. The Kier molecular flexibility index (Phi) is 5.78. The van der Waals surface area contributed by atoms with Gasteiger partial charge in [0.1, 0.15) is 6.04 Å². The predicted octanol–water partition coefficient (Wildman–Crippen LogP) is 2.12. The van der Waals surface area contributed by atoms with E-state index in [2.05, 4.69) is 17.1 Å². The summed E-state index contributed by atoms with van der Waals surface area (Å²) >= 11 is 0. The Hall–Kier alpha value is -3.42. The van der Waals surface area contributed by atoms with E-state index in [-0.39, 0.29) is 24.8 Å². The molecule has 1 saturated heterocycles. The topological polar surface area (TPSA) is 114 Å². The van der Waals surface area contributed by atoms with Crippen LogP contribution < -0.4 is 11.1 Å². The molecule has 2 aliphatic heterocycles. The summed E-state index contributed by atoms with van der Waals surface area (Å²) in [7, 11) is 0. The van der Waals surface area contributed by atoms with E-state index in [0.717, 1.165) is 5.56 Å². The summed E-state index contributed by atoms with van der Waals surface area (Å²) < 4.78 is 0. The first-order chi connectivity index (χ1) is 14.2. The summed E-state index contributed by atoms with van der Waals surface area (Å²) in [5.74, 6) is -1.08. The van der Waals surface area contributed by atoms with Crippen LogP contribution in [0.4, 0.5) is 5.69 Å². The maximum Gasteiger partial charge on any atom is 0.250 e. The van der Waals surface area contributed by atoms with Gasteiger partial charge >= 0.3 is 0 Å². The summed E-state index contributed by atoms with van der Waals surface area (Å²) in [5, 5.41) is 7.07. The number of primary amides is 1. The molecule has 2 atom stereocenters. The molecular formula is C22H26N4O4. The highest BCUT2D eigenvalue weighted by Crippen LogP contribution is 2.39. The fourth-order valence-electron chi connectivity index (χ4n) is 3.67. The molecule has 0 aromatic heterocycles. The molecule has 3 rings (SSSR count). The first-order valence-corrected chi connectivity index (χ1v) is 9.71. The number of oxime groups is 1. The van der Waals surface area contributed by atoms with Crippen molar-refractivity contribution in [2.24, 2.45) is 10.9 Å². The molecule has 158 valence electrons. The van der Waals surface area contributed by atoms with Crippen LogP contribution in [-0.2, 0) is 19.2 Å². The van der Waals surface area contributed by atoms with Crippen molar-refractivity contribution in [3.63, 3.8) is 0 Å². The van der Waals surface area contributed by atoms with Gasteiger partial charge in [0.15, 0.2) is 5.60 Å². The van der Waals surface area contributed by atoms with Crippen LogP contribution in [0.25, 0.3) is 0 Å². The van der Waals surface area contributed by atoms with E-state index in [0.29, 0.717) is 29.0 Å². The van der Waals surface area contributed by atoms with Crippen LogP contribution in [0.5, 0.6) is 0 Å². The third-order valence-electron chi connectivity index (χ3n) is 5.44. The van der Waals surface area contributed by atoms with Crippen LogP contribution in [0.1, 0.15) is 39.2 Å². The third-order valence-corrected chi connectivity index (χ3v) is 5.44. The van der Waals surface area contributed by atoms with Crippen LogP contribution in [0.15, 0.2) is 53.2 Å². The summed E-state index contributed by atoms with van der Waals surface area (Å²) in [5.41, 5.74) is 7.79. The lowest BCUT2D eigenvalue weighted by atomic mass is 9.91. The van der Waals surface area contributed by atoms with Crippen molar-refractivity contribution in [2.45, 2.75) is 45.3 Å². The fraction of sp³-hybridized carbons (Fsp3) is 0.364. The molecule has 0 radical (unpaired) electrons. The van der Waals surface area contributed by atoms with Crippen LogP contribution in [0.2, 0.25) is 0 Å². The summed E-state index contributed by atoms with van der Waals surface area (Å²) in [6.07, 6.45) is 2.43. The molecule has 1 spiro atoms. The van der Waals surface area contributed by atoms with Crippen molar-refractivity contribution in [3.05, 3.63) is 53.6 Å². The van der Waals surface area contributed by atoms with Crippen LogP contribution >= 0.6 is 0 Å². The fourth-order valence-corrected chi connectivity index (χ4v) is 3.67. The molecule has 1 unspecified atom stereocenters. The molecule has 0 saturated carbocycles. The van der Waals surface area contributed by atoms with Gasteiger partial charge in [0.2, 0.25) is 11.8 Å². The van der Waals surface area contributed by atoms with Gasteiger partial charge in [-0.25, -0.2) is 0 Å². The molecule has 3 amide bonds. The van der Waals surface area contributed by atoms with Crippen molar-refractivity contribution in [2.75, 3.05) is 11.9 Å². The number of carbonyl (C=O) groups is 3. The van der Waals surface area contributed by atoms with Gasteiger partial charge in [0.25, 0.3) is 5.91 Å². The van der Waals surface area contributed by atoms with E-state index in [1.54, 1.807) is 32.9 Å². The van der Waals surface area contributed by atoms with E-state index in [9.17, 15) is 14.4 Å². The summed E-state index contributed by atoms with van der Waals surface area (Å²) in [6, 6.07) is 6.54. The van der Waals surface area contributed by atoms with E-state index < -0.39 is 17.6 Å². The van der Waals surface area contributed by atoms with E-state index >= 15 is 0 Å². The zero-order valence-corrected chi connectivity index (χ0v) is 17.4. The normalized spacial score (nSPS) is 23.2. The smallest absolute Gasteiger partial charge is 0.250 e. The first kappa shape index (κ1) is 21.3. The number of carbonyl (C=O) groups excluding carboxylic acids is 3. The highest BCUT2D eigenvalue weighted by molar-refractivity contribution is 6.06. The number of nitrogens with zero attached hydrogens (tertiary/aromatic N) is 2. The number of allylic oxidation sites excluding steroid dienone is 1. The number of rotatable bonds is 5. The van der Waals surface area contributed by atoms with Gasteiger partial charge < -0.3 is 20.8 Å². The van der Waals surface area contributed by atoms with Crippen molar-refractivity contribution >= 4 is 29.1 Å². The quantitative estimate of drug-likeness (QED) is 0.724. The van der Waals surface area contributed by atoms with Gasteiger partial charge in [-0.1, -0.05) is 29.9 Å². The molecule has 0 aliphatic carbocycles. The van der Waals surface area contributed by atoms with Crippen molar-refractivity contribution < 1.29 is 19.2 Å². The molecule has 1 fully saturated rings. The number of likely N-dealkylation sites (tertiary alicyclic amines) is 1. The number of amides is 3.